The van der Waals surface area contributed by atoms with Crippen LogP contribution in [-0.4, -0.2) is 47.5 Å². The number of thioether (sulfide) groups is 1. The van der Waals surface area contributed by atoms with Crippen LogP contribution >= 0.6 is 23.1 Å². The van der Waals surface area contributed by atoms with Gasteiger partial charge in [0.1, 0.15) is 0 Å². The molecule has 0 bridgehead atoms. The molecule has 1 aliphatic rings. The molecule has 1 fully saturated rings. The fraction of sp³-hybridized carbons (Fsp3) is 0.444. The van der Waals surface area contributed by atoms with E-state index in [0.717, 1.165) is 21.3 Å². The number of rotatable bonds is 8. The van der Waals surface area contributed by atoms with Crippen LogP contribution in [0.3, 0.4) is 0 Å². The van der Waals surface area contributed by atoms with Crippen molar-refractivity contribution in [2.24, 2.45) is 5.92 Å². The van der Waals surface area contributed by atoms with Crippen LogP contribution in [0.5, 0.6) is 0 Å². The first-order valence-electron chi connectivity index (χ1n) is 8.78. The first kappa shape index (κ1) is 19.8. The molecule has 1 N–H and O–H groups in total. The molecule has 1 aliphatic heterocycles. The summed E-state index contributed by atoms with van der Waals surface area (Å²) >= 11 is 2.88. The molecule has 1 aromatic carbocycles. The average Bonchev–Trinajstić information content (AvgIpc) is 3.26. The molecule has 9 heteroatoms. The minimum absolute atomic E-state index is 0.0385. The lowest BCUT2D eigenvalue weighted by molar-refractivity contribution is -0.122. The van der Waals surface area contributed by atoms with Gasteiger partial charge in [0.05, 0.1) is 12.5 Å². The number of benzene rings is 1. The Hall–Kier alpha value is -1.97. The molecule has 2 aromatic rings. The highest BCUT2D eigenvalue weighted by atomic mass is 32.2. The lowest BCUT2D eigenvalue weighted by Crippen LogP contribution is -2.28. The predicted octanol–water partition coefficient (Wildman–Crippen LogP) is 2.97. The van der Waals surface area contributed by atoms with Crippen molar-refractivity contribution in [2.45, 2.75) is 24.6 Å². The Bertz CT molecular complexity index is 794. The molecule has 7 nitrogen and oxygen atoms in total. The van der Waals surface area contributed by atoms with Gasteiger partial charge in [0.2, 0.25) is 16.9 Å². The Balaban J connectivity index is 1.53. The van der Waals surface area contributed by atoms with E-state index < -0.39 is 5.92 Å². The number of aromatic nitrogens is 2. The molecule has 0 radical (unpaired) electrons. The highest BCUT2D eigenvalue weighted by Gasteiger charge is 2.35. The van der Waals surface area contributed by atoms with Crippen molar-refractivity contribution in [1.82, 2.24) is 10.2 Å². The van der Waals surface area contributed by atoms with Gasteiger partial charge in [0.25, 0.3) is 0 Å². The Morgan fingerprint density at radius 1 is 1.37 bits per heavy atom. The second kappa shape index (κ2) is 9.29. The zero-order valence-electron chi connectivity index (χ0n) is 15.3. The third kappa shape index (κ3) is 5.27. The summed E-state index contributed by atoms with van der Waals surface area (Å²) in [6, 6.07) is 7.73. The highest BCUT2D eigenvalue weighted by molar-refractivity contribution is 8.01. The Kier molecular flexibility index (Phi) is 6.81. The molecule has 0 saturated carbocycles. The van der Waals surface area contributed by atoms with Crippen LogP contribution < -0.4 is 10.2 Å². The van der Waals surface area contributed by atoms with Gasteiger partial charge >= 0.3 is 0 Å². The van der Waals surface area contributed by atoms with E-state index in [-0.39, 0.29) is 18.2 Å². The zero-order valence-corrected chi connectivity index (χ0v) is 16.9. The summed E-state index contributed by atoms with van der Waals surface area (Å²) in [7, 11) is 0. The van der Waals surface area contributed by atoms with Gasteiger partial charge in [0, 0.05) is 31.0 Å². The lowest BCUT2D eigenvalue weighted by atomic mass is 10.1. The van der Waals surface area contributed by atoms with E-state index in [1.807, 2.05) is 38.1 Å². The van der Waals surface area contributed by atoms with Crippen molar-refractivity contribution in [2.75, 3.05) is 35.7 Å². The van der Waals surface area contributed by atoms with Crippen molar-refractivity contribution in [3.8, 4) is 0 Å². The quantitative estimate of drug-likeness (QED) is 0.412. The normalized spacial score (nSPS) is 16.7. The maximum atomic E-state index is 12.5. The van der Waals surface area contributed by atoms with Crippen LogP contribution in [0.1, 0.15) is 18.9 Å². The molecule has 0 spiro atoms. The molecule has 3 rings (SSSR count). The van der Waals surface area contributed by atoms with Gasteiger partial charge in [0.15, 0.2) is 4.34 Å². The second-order valence-electron chi connectivity index (χ2n) is 6.15. The third-order valence-corrected chi connectivity index (χ3v) is 6.07. The second-order valence-corrected chi connectivity index (χ2v) is 8.47. The van der Waals surface area contributed by atoms with E-state index in [2.05, 4.69) is 15.5 Å². The van der Waals surface area contributed by atoms with Crippen LogP contribution in [0.15, 0.2) is 28.6 Å². The van der Waals surface area contributed by atoms with E-state index in [4.69, 9.17) is 4.74 Å². The maximum Gasteiger partial charge on any atom is 0.231 e. The number of nitrogens with zero attached hydrogens (tertiary/aromatic N) is 3. The van der Waals surface area contributed by atoms with Gasteiger partial charge in [-0.3, -0.25) is 9.59 Å². The monoisotopic (exact) mass is 406 g/mol. The Morgan fingerprint density at radius 2 is 2.15 bits per heavy atom. The fourth-order valence-electron chi connectivity index (χ4n) is 2.72. The molecule has 0 aliphatic carbocycles. The highest BCUT2D eigenvalue weighted by Crippen LogP contribution is 2.28. The number of hydrogen-bond donors (Lipinski definition) is 1. The van der Waals surface area contributed by atoms with Gasteiger partial charge in [-0.25, -0.2) is 0 Å². The largest absolute Gasteiger partial charge is 0.381 e. The van der Waals surface area contributed by atoms with E-state index in [0.29, 0.717) is 24.9 Å². The molecular formula is C18H22N4O3S2. The van der Waals surface area contributed by atoms with Gasteiger partial charge in [-0.2, -0.15) is 0 Å². The van der Waals surface area contributed by atoms with E-state index in [1.54, 1.807) is 16.7 Å². The van der Waals surface area contributed by atoms with E-state index >= 15 is 0 Å². The summed E-state index contributed by atoms with van der Waals surface area (Å²) in [5.74, 6) is 0.166. The summed E-state index contributed by atoms with van der Waals surface area (Å²) in [5, 5.41) is 11.3. The lowest BCUT2D eigenvalue weighted by Gasteiger charge is -2.16. The zero-order chi connectivity index (χ0) is 19.2. The smallest absolute Gasteiger partial charge is 0.231 e. The van der Waals surface area contributed by atoms with Crippen molar-refractivity contribution in [1.29, 1.82) is 0 Å². The number of carbonyl (C=O) groups excluding carboxylic acids is 2. The number of hydrogen-bond acceptors (Lipinski definition) is 7. The van der Waals surface area contributed by atoms with Gasteiger partial charge < -0.3 is 15.0 Å². The topological polar surface area (TPSA) is 84.4 Å². The molecule has 0 unspecified atom stereocenters. The van der Waals surface area contributed by atoms with Crippen molar-refractivity contribution >= 4 is 45.7 Å². The Labute approximate surface area is 166 Å². The molecule has 2 heterocycles. The van der Waals surface area contributed by atoms with E-state index in [9.17, 15) is 9.59 Å². The summed E-state index contributed by atoms with van der Waals surface area (Å²) in [6.45, 7) is 5.68. The average molecular weight is 407 g/mol. The molecule has 1 atom stereocenters. The predicted molar refractivity (Wildman–Crippen MR) is 107 cm³/mol. The first-order valence-corrected chi connectivity index (χ1v) is 10.6. The van der Waals surface area contributed by atoms with Crippen LogP contribution in [0.2, 0.25) is 0 Å². The van der Waals surface area contributed by atoms with Crippen molar-refractivity contribution < 1.29 is 14.3 Å². The minimum Gasteiger partial charge on any atom is -0.381 e. The summed E-state index contributed by atoms with van der Waals surface area (Å²) in [4.78, 5) is 26.5. The molecule has 2 amide bonds. The van der Waals surface area contributed by atoms with E-state index in [1.165, 1.54) is 11.3 Å². The number of carbonyl (C=O) groups is 2. The van der Waals surface area contributed by atoms with Crippen LogP contribution in [-0.2, 0) is 14.3 Å². The number of aryl methyl sites for hydroxylation is 1. The molecular weight excluding hydrogens is 384 g/mol. The standard InChI is InChI=1S/C18H22N4O3S2/c1-3-25-8-9-26-18-21-20-17(27-18)19-16(24)13-10-15(23)22(11-13)14-6-4-12(2)5-7-14/h4-7,13H,3,8-11H2,1-2H3,(H,19,20,24)/t13-/m0/s1. The first-order chi connectivity index (χ1) is 13.1. The summed E-state index contributed by atoms with van der Waals surface area (Å²) in [5.41, 5.74) is 1.95. The third-order valence-electron chi connectivity index (χ3n) is 4.14. The summed E-state index contributed by atoms with van der Waals surface area (Å²) in [6.07, 6.45) is 0.203. The minimum atomic E-state index is -0.392. The van der Waals surface area contributed by atoms with Crippen LogP contribution in [0.4, 0.5) is 10.8 Å². The molecule has 27 heavy (non-hydrogen) atoms. The summed E-state index contributed by atoms with van der Waals surface area (Å²) < 4.78 is 6.07. The number of amides is 2. The number of ether oxygens (including phenoxy) is 1. The molecule has 1 aromatic heterocycles. The number of nitrogens with one attached hydrogen (secondary N) is 1. The van der Waals surface area contributed by atoms with Crippen molar-refractivity contribution in [3.05, 3.63) is 29.8 Å². The molecule has 144 valence electrons. The number of anilines is 2. The van der Waals surface area contributed by atoms with Gasteiger partial charge in [-0.15, -0.1) is 10.2 Å². The maximum absolute atomic E-state index is 12.5. The Morgan fingerprint density at radius 3 is 2.89 bits per heavy atom. The molecule has 1 saturated heterocycles. The SMILES string of the molecule is CCOCCSc1nnc(NC(=O)[C@H]2CC(=O)N(c3ccc(C)cc3)C2)s1. The van der Waals surface area contributed by atoms with Gasteiger partial charge in [-0.1, -0.05) is 40.8 Å². The van der Waals surface area contributed by atoms with Crippen LogP contribution in [0, 0.1) is 12.8 Å². The van der Waals surface area contributed by atoms with Gasteiger partial charge in [-0.05, 0) is 26.0 Å². The van der Waals surface area contributed by atoms with Crippen molar-refractivity contribution in [3.63, 3.8) is 0 Å². The van der Waals surface area contributed by atoms with Crippen LogP contribution in [0.25, 0.3) is 0 Å². The fourth-order valence-corrected chi connectivity index (χ4v) is 4.39.